The zero-order valence-electron chi connectivity index (χ0n) is 12.3. The summed E-state index contributed by atoms with van der Waals surface area (Å²) >= 11 is 0. The van der Waals surface area contributed by atoms with Crippen LogP contribution >= 0.6 is 0 Å². The van der Waals surface area contributed by atoms with Crippen LogP contribution in [0.2, 0.25) is 0 Å². The molecule has 0 fully saturated rings. The van der Waals surface area contributed by atoms with Gasteiger partial charge in [-0.15, -0.1) is 0 Å². The van der Waals surface area contributed by atoms with Crippen LogP contribution < -0.4 is 10.5 Å². The maximum atomic E-state index is 10.9. The normalized spacial score (nSPS) is 12.0. The first-order valence-corrected chi connectivity index (χ1v) is 6.67. The van der Waals surface area contributed by atoms with E-state index in [4.69, 9.17) is 10.5 Å². The number of ether oxygens (including phenoxy) is 1. The maximum absolute atomic E-state index is 10.9. The van der Waals surface area contributed by atoms with Crippen molar-refractivity contribution in [1.29, 1.82) is 0 Å². The highest BCUT2D eigenvalue weighted by Crippen LogP contribution is 2.31. The van der Waals surface area contributed by atoms with Gasteiger partial charge in [0.1, 0.15) is 11.5 Å². The largest absolute Gasteiger partial charge is 0.457 e. The number of nitro groups is 1. The molecular formula is C16H18N2O3. The standard InChI is InChI=1S/C16H18N2O3/c1-10-9-16(11(2)8-15(10)18(19)20)21-14-6-4-13(5-7-14)12(3)17/h4-9,12H,17H2,1-3H3. The minimum absolute atomic E-state index is 0.0256. The quantitative estimate of drug-likeness (QED) is 0.680. The lowest BCUT2D eigenvalue weighted by atomic mass is 10.1. The average Bonchev–Trinajstić information content (AvgIpc) is 2.42. The fourth-order valence-electron chi connectivity index (χ4n) is 2.05. The Kier molecular flexibility index (Phi) is 4.23. The number of rotatable bonds is 4. The molecule has 2 aromatic rings. The van der Waals surface area contributed by atoms with Gasteiger partial charge in [-0.3, -0.25) is 10.1 Å². The molecule has 0 saturated heterocycles. The van der Waals surface area contributed by atoms with Crippen molar-refractivity contribution in [2.24, 2.45) is 5.73 Å². The number of nitrogens with zero attached hydrogens (tertiary/aromatic N) is 1. The fraction of sp³-hybridized carbons (Fsp3) is 0.250. The van der Waals surface area contributed by atoms with Gasteiger partial charge in [0.05, 0.1) is 4.92 Å². The Bertz CT molecular complexity index is 664. The third kappa shape index (κ3) is 3.38. The molecule has 2 aromatic carbocycles. The molecule has 0 aliphatic heterocycles. The lowest BCUT2D eigenvalue weighted by Crippen LogP contribution is -2.04. The van der Waals surface area contributed by atoms with Crippen molar-refractivity contribution in [2.75, 3.05) is 0 Å². The Morgan fingerprint density at radius 2 is 1.76 bits per heavy atom. The summed E-state index contributed by atoms with van der Waals surface area (Å²) in [6.45, 7) is 5.40. The molecule has 110 valence electrons. The molecule has 0 radical (unpaired) electrons. The van der Waals surface area contributed by atoms with Crippen LogP contribution in [-0.2, 0) is 0 Å². The Balaban J connectivity index is 2.27. The fourth-order valence-corrected chi connectivity index (χ4v) is 2.05. The molecule has 5 heteroatoms. The topological polar surface area (TPSA) is 78.4 Å². The minimum Gasteiger partial charge on any atom is -0.457 e. The van der Waals surface area contributed by atoms with Crippen LogP contribution in [0.25, 0.3) is 0 Å². The van der Waals surface area contributed by atoms with Gasteiger partial charge in [0.15, 0.2) is 0 Å². The van der Waals surface area contributed by atoms with Crippen molar-refractivity contribution < 1.29 is 9.66 Å². The lowest BCUT2D eigenvalue weighted by molar-refractivity contribution is -0.385. The second-order valence-corrected chi connectivity index (χ2v) is 5.12. The van der Waals surface area contributed by atoms with Crippen molar-refractivity contribution in [1.82, 2.24) is 0 Å². The molecule has 0 aliphatic carbocycles. The third-order valence-corrected chi connectivity index (χ3v) is 3.32. The molecule has 2 N–H and O–H groups in total. The van der Waals surface area contributed by atoms with Crippen molar-refractivity contribution in [3.8, 4) is 11.5 Å². The number of aryl methyl sites for hydroxylation is 2. The van der Waals surface area contributed by atoms with Crippen molar-refractivity contribution in [3.05, 3.63) is 63.2 Å². The predicted molar refractivity (Wildman–Crippen MR) is 81.7 cm³/mol. The van der Waals surface area contributed by atoms with E-state index in [-0.39, 0.29) is 16.7 Å². The molecule has 0 aromatic heterocycles. The molecule has 5 nitrogen and oxygen atoms in total. The summed E-state index contributed by atoms with van der Waals surface area (Å²) in [7, 11) is 0. The van der Waals surface area contributed by atoms with E-state index in [1.54, 1.807) is 19.9 Å². The first kappa shape index (κ1) is 15.0. The Morgan fingerprint density at radius 3 is 2.29 bits per heavy atom. The summed E-state index contributed by atoms with van der Waals surface area (Å²) in [5.41, 5.74) is 8.23. The van der Waals surface area contributed by atoms with Gasteiger partial charge in [0.25, 0.3) is 5.69 Å². The number of hydrogen-bond acceptors (Lipinski definition) is 4. The molecule has 0 heterocycles. The van der Waals surface area contributed by atoms with E-state index in [0.29, 0.717) is 17.1 Å². The lowest BCUT2D eigenvalue weighted by Gasteiger charge is -2.11. The SMILES string of the molecule is Cc1cc([N+](=O)[O-])c(C)cc1Oc1ccc(C(C)N)cc1. The summed E-state index contributed by atoms with van der Waals surface area (Å²) in [6.07, 6.45) is 0. The molecule has 1 unspecified atom stereocenters. The molecule has 0 bridgehead atoms. The summed E-state index contributed by atoms with van der Waals surface area (Å²) in [5.74, 6) is 1.29. The molecule has 0 spiro atoms. The molecular weight excluding hydrogens is 268 g/mol. The summed E-state index contributed by atoms with van der Waals surface area (Å²) in [4.78, 5) is 10.5. The number of nitro benzene ring substituents is 1. The second-order valence-electron chi connectivity index (χ2n) is 5.12. The monoisotopic (exact) mass is 286 g/mol. The summed E-state index contributed by atoms with van der Waals surface area (Å²) in [5, 5.41) is 10.9. The molecule has 0 aliphatic rings. The maximum Gasteiger partial charge on any atom is 0.272 e. The molecule has 0 saturated carbocycles. The van der Waals surface area contributed by atoms with Gasteiger partial charge in [-0.05, 0) is 50.1 Å². The second kappa shape index (κ2) is 5.93. The Labute approximate surface area is 123 Å². The Morgan fingerprint density at radius 1 is 1.14 bits per heavy atom. The van der Waals surface area contributed by atoms with Gasteiger partial charge < -0.3 is 10.5 Å². The van der Waals surface area contributed by atoms with Gasteiger partial charge >= 0.3 is 0 Å². The van der Waals surface area contributed by atoms with Gasteiger partial charge in [-0.2, -0.15) is 0 Å². The molecule has 0 amide bonds. The van der Waals surface area contributed by atoms with E-state index in [1.807, 2.05) is 31.2 Å². The molecule has 1 atom stereocenters. The van der Waals surface area contributed by atoms with Crippen molar-refractivity contribution >= 4 is 5.69 Å². The van der Waals surface area contributed by atoms with Gasteiger partial charge in [0, 0.05) is 17.7 Å². The average molecular weight is 286 g/mol. The zero-order valence-corrected chi connectivity index (χ0v) is 12.3. The van der Waals surface area contributed by atoms with Gasteiger partial charge in [0.2, 0.25) is 0 Å². The number of hydrogen-bond donors (Lipinski definition) is 1. The predicted octanol–water partition coefficient (Wildman–Crippen LogP) is 4.02. The number of benzene rings is 2. The van der Waals surface area contributed by atoms with Crippen LogP contribution in [0.15, 0.2) is 36.4 Å². The van der Waals surface area contributed by atoms with E-state index in [0.717, 1.165) is 11.1 Å². The van der Waals surface area contributed by atoms with Crippen LogP contribution in [0.5, 0.6) is 11.5 Å². The van der Waals surface area contributed by atoms with Crippen LogP contribution in [0.4, 0.5) is 5.69 Å². The summed E-state index contributed by atoms with van der Waals surface area (Å²) in [6, 6.07) is 10.7. The molecule has 21 heavy (non-hydrogen) atoms. The minimum atomic E-state index is -0.385. The zero-order chi connectivity index (χ0) is 15.6. The van der Waals surface area contributed by atoms with Gasteiger partial charge in [-0.25, -0.2) is 0 Å². The first-order valence-electron chi connectivity index (χ1n) is 6.67. The van der Waals surface area contributed by atoms with Crippen LogP contribution in [0.1, 0.15) is 29.7 Å². The smallest absolute Gasteiger partial charge is 0.272 e. The van der Waals surface area contributed by atoms with E-state index < -0.39 is 0 Å². The van der Waals surface area contributed by atoms with Crippen LogP contribution in [0.3, 0.4) is 0 Å². The number of nitrogens with two attached hydrogens (primary N) is 1. The van der Waals surface area contributed by atoms with E-state index in [1.165, 1.54) is 6.07 Å². The summed E-state index contributed by atoms with van der Waals surface area (Å²) < 4.78 is 5.80. The Hall–Kier alpha value is -2.40. The van der Waals surface area contributed by atoms with Crippen molar-refractivity contribution in [3.63, 3.8) is 0 Å². The molecule has 2 rings (SSSR count). The highest BCUT2D eigenvalue weighted by molar-refractivity contribution is 5.50. The third-order valence-electron chi connectivity index (χ3n) is 3.32. The highest BCUT2D eigenvalue weighted by Gasteiger charge is 2.14. The van der Waals surface area contributed by atoms with E-state index >= 15 is 0 Å². The van der Waals surface area contributed by atoms with E-state index in [2.05, 4.69) is 0 Å². The first-order chi connectivity index (χ1) is 9.88. The van der Waals surface area contributed by atoms with Crippen molar-refractivity contribution in [2.45, 2.75) is 26.8 Å². The van der Waals surface area contributed by atoms with Crippen LogP contribution in [-0.4, -0.2) is 4.92 Å². The van der Waals surface area contributed by atoms with E-state index in [9.17, 15) is 10.1 Å². The highest BCUT2D eigenvalue weighted by atomic mass is 16.6. The van der Waals surface area contributed by atoms with Gasteiger partial charge in [-0.1, -0.05) is 12.1 Å². The van der Waals surface area contributed by atoms with Crippen LogP contribution in [0, 0.1) is 24.0 Å².